The third-order valence-corrected chi connectivity index (χ3v) is 3.72. The normalized spacial score (nSPS) is 11.0. The minimum atomic E-state index is -4.67. The predicted molar refractivity (Wildman–Crippen MR) is 95.7 cm³/mol. The van der Waals surface area contributed by atoms with Crippen LogP contribution >= 0.6 is 0 Å². The quantitative estimate of drug-likeness (QED) is 0.788. The van der Waals surface area contributed by atoms with E-state index in [1.165, 1.54) is 20.1 Å². The zero-order valence-corrected chi connectivity index (χ0v) is 14.8. The number of anilines is 2. The molecule has 0 heterocycles. The minimum absolute atomic E-state index is 0.00561. The smallest absolute Gasteiger partial charge is 0.418 e. The molecule has 0 saturated heterocycles. The fourth-order valence-corrected chi connectivity index (χ4v) is 2.43. The molecule has 2 N–H and O–H groups in total. The van der Waals surface area contributed by atoms with Crippen molar-refractivity contribution in [1.29, 1.82) is 0 Å². The first-order valence-electron chi connectivity index (χ1n) is 8.10. The lowest BCUT2D eigenvalue weighted by atomic mass is 10.1. The van der Waals surface area contributed by atoms with Crippen LogP contribution in [0.5, 0.6) is 5.75 Å². The summed E-state index contributed by atoms with van der Waals surface area (Å²) in [7, 11) is 1.54. The summed E-state index contributed by atoms with van der Waals surface area (Å²) in [6, 6.07) is 10.3. The second kappa shape index (κ2) is 8.57. The Kier molecular flexibility index (Phi) is 6.44. The molecule has 0 radical (unpaired) electrons. The van der Waals surface area contributed by atoms with Crippen LogP contribution in [0.15, 0.2) is 42.5 Å². The van der Waals surface area contributed by atoms with E-state index in [1.807, 2.05) is 0 Å². The Morgan fingerprint density at radius 2 is 1.70 bits per heavy atom. The summed E-state index contributed by atoms with van der Waals surface area (Å²) in [5.41, 5.74) is -0.503. The molecule has 8 heteroatoms. The zero-order chi connectivity index (χ0) is 20.0. The van der Waals surface area contributed by atoms with Crippen molar-refractivity contribution in [2.75, 3.05) is 17.7 Å². The van der Waals surface area contributed by atoms with E-state index in [1.54, 1.807) is 24.3 Å². The summed E-state index contributed by atoms with van der Waals surface area (Å²) in [4.78, 5) is 23.1. The molecule has 2 rings (SSSR count). The van der Waals surface area contributed by atoms with Gasteiger partial charge in [-0.2, -0.15) is 13.2 Å². The molecule has 2 amide bonds. The van der Waals surface area contributed by atoms with Crippen molar-refractivity contribution in [2.45, 2.75) is 25.9 Å². The van der Waals surface area contributed by atoms with E-state index < -0.39 is 23.6 Å². The Balaban J connectivity index is 2.07. The highest BCUT2D eigenvalue weighted by atomic mass is 19.4. The van der Waals surface area contributed by atoms with Crippen molar-refractivity contribution in [3.05, 3.63) is 53.6 Å². The number of amides is 2. The molecule has 0 fully saturated rings. The number of hydrogen-bond donors (Lipinski definition) is 2. The van der Waals surface area contributed by atoms with E-state index in [2.05, 4.69) is 10.6 Å². The van der Waals surface area contributed by atoms with Gasteiger partial charge in [-0.15, -0.1) is 0 Å². The molecule has 27 heavy (non-hydrogen) atoms. The van der Waals surface area contributed by atoms with Crippen LogP contribution in [0.4, 0.5) is 24.5 Å². The van der Waals surface area contributed by atoms with Gasteiger partial charge in [0.25, 0.3) is 0 Å². The number of carbonyl (C=O) groups excluding carboxylic acids is 2. The second-order valence-corrected chi connectivity index (χ2v) is 5.84. The Hall–Kier alpha value is -3.03. The van der Waals surface area contributed by atoms with Crippen LogP contribution in [0.2, 0.25) is 0 Å². The second-order valence-electron chi connectivity index (χ2n) is 5.84. The highest BCUT2D eigenvalue weighted by Gasteiger charge is 2.34. The molecule has 0 aliphatic rings. The molecule has 0 unspecified atom stereocenters. The number of carbonyl (C=O) groups is 2. The van der Waals surface area contributed by atoms with E-state index in [9.17, 15) is 22.8 Å². The monoisotopic (exact) mass is 380 g/mol. The lowest BCUT2D eigenvalue weighted by Crippen LogP contribution is -2.17. The zero-order valence-electron chi connectivity index (χ0n) is 14.8. The molecule has 0 aromatic heterocycles. The number of aryl methyl sites for hydroxylation is 1. The number of alkyl halides is 3. The molecule has 5 nitrogen and oxygen atoms in total. The summed E-state index contributed by atoms with van der Waals surface area (Å²) in [5, 5.41) is 4.59. The van der Waals surface area contributed by atoms with Gasteiger partial charge in [-0.1, -0.05) is 12.1 Å². The molecule has 2 aromatic rings. The Bertz CT molecular complexity index is 818. The van der Waals surface area contributed by atoms with Crippen LogP contribution in [0.1, 0.15) is 24.5 Å². The lowest BCUT2D eigenvalue weighted by molar-refractivity contribution is -0.137. The number of nitrogens with one attached hydrogen (secondary N) is 2. The van der Waals surface area contributed by atoms with Gasteiger partial charge in [0, 0.05) is 19.0 Å². The molecular weight excluding hydrogens is 361 g/mol. The van der Waals surface area contributed by atoms with Crippen LogP contribution in [0.25, 0.3) is 0 Å². The average molecular weight is 380 g/mol. The SMILES string of the molecule is COc1ccc(CCC(=O)Nc2ccc(NC(C)=O)cc2C(F)(F)F)cc1. The fourth-order valence-electron chi connectivity index (χ4n) is 2.43. The Labute approximate surface area is 154 Å². The number of halogens is 3. The van der Waals surface area contributed by atoms with Crippen LogP contribution < -0.4 is 15.4 Å². The maximum absolute atomic E-state index is 13.3. The Morgan fingerprint density at radius 3 is 2.26 bits per heavy atom. The average Bonchev–Trinajstić information content (AvgIpc) is 2.60. The van der Waals surface area contributed by atoms with Gasteiger partial charge in [0.1, 0.15) is 5.75 Å². The van der Waals surface area contributed by atoms with E-state index in [4.69, 9.17) is 4.74 Å². The predicted octanol–water partition coefficient (Wildman–Crippen LogP) is 4.24. The maximum atomic E-state index is 13.3. The van der Waals surface area contributed by atoms with Gasteiger partial charge in [0.15, 0.2) is 0 Å². The van der Waals surface area contributed by atoms with Crippen molar-refractivity contribution in [3.63, 3.8) is 0 Å². The number of hydrogen-bond acceptors (Lipinski definition) is 3. The summed E-state index contributed by atoms with van der Waals surface area (Å²) < 4.78 is 44.8. The number of methoxy groups -OCH3 is 1. The lowest BCUT2D eigenvalue weighted by Gasteiger charge is -2.15. The van der Waals surface area contributed by atoms with Crippen LogP contribution in [-0.2, 0) is 22.2 Å². The van der Waals surface area contributed by atoms with Crippen LogP contribution in [-0.4, -0.2) is 18.9 Å². The maximum Gasteiger partial charge on any atom is 0.418 e. The van der Waals surface area contributed by atoms with Crippen molar-refractivity contribution < 1.29 is 27.5 Å². The van der Waals surface area contributed by atoms with Gasteiger partial charge in [0.05, 0.1) is 18.4 Å². The highest BCUT2D eigenvalue weighted by Crippen LogP contribution is 2.36. The van der Waals surface area contributed by atoms with Gasteiger partial charge < -0.3 is 15.4 Å². The van der Waals surface area contributed by atoms with Crippen molar-refractivity contribution in [3.8, 4) is 5.75 Å². The fraction of sp³-hybridized carbons (Fsp3) is 0.263. The van der Waals surface area contributed by atoms with Crippen molar-refractivity contribution in [2.24, 2.45) is 0 Å². The molecule has 0 aliphatic heterocycles. The molecule has 0 atom stereocenters. The van der Waals surface area contributed by atoms with E-state index in [-0.39, 0.29) is 17.8 Å². The van der Waals surface area contributed by atoms with Crippen molar-refractivity contribution >= 4 is 23.2 Å². The van der Waals surface area contributed by atoms with E-state index in [0.717, 1.165) is 17.7 Å². The molecule has 144 valence electrons. The van der Waals surface area contributed by atoms with Gasteiger partial charge in [-0.05, 0) is 42.3 Å². The molecular formula is C19H19F3N2O3. The van der Waals surface area contributed by atoms with Gasteiger partial charge in [-0.25, -0.2) is 0 Å². The van der Waals surface area contributed by atoms with Crippen molar-refractivity contribution in [1.82, 2.24) is 0 Å². The third kappa shape index (κ3) is 6.02. The minimum Gasteiger partial charge on any atom is -0.497 e. The number of ether oxygens (including phenoxy) is 1. The number of rotatable bonds is 6. The summed E-state index contributed by atoms with van der Waals surface area (Å²) in [6.45, 7) is 1.20. The molecule has 0 spiro atoms. The summed E-state index contributed by atoms with van der Waals surface area (Å²) in [6.07, 6.45) is -4.27. The van der Waals surface area contributed by atoms with Crippen LogP contribution in [0, 0.1) is 0 Å². The van der Waals surface area contributed by atoms with Gasteiger partial charge in [-0.3, -0.25) is 9.59 Å². The van der Waals surface area contributed by atoms with Gasteiger partial charge >= 0.3 is 6.18 Å². The Morgan fingerprint density at radius 1 is 1.04 bits per heavy atom. The van der Waals surface area contributed by atoms with Gasteiger partial charge in [0.2, 0.25) is 11.8 Å². The molecule has 0 bridgehead atoms. The highest BCUT2D eigenvalue weighted by molar-refractivity contribution is 5.93. The standard InChI is InChI=1S/C19H19F3N2O3/c1-12(25)23-14-6-9-17(16(11-14)19(20,21)22)24-18(26)10-5-13-3-7-15(27-2)8-4-13/h3-4,6-9,11H,5,10H2,1-2H3,(H,23,25)(H,24,26). The summed E-state index contributed by atoms with van der Waals surface area (Å²) in [5.74, 6) is -0.347. The molecule has 2 aromatic carbocycles. The first-order chi connectivity index (χ1) is 12.7. The first kappa shape index (κ1) is 20.3. The number of benzene rings is 2. The van der Waals surface area contributed by atoms with E-state index in [0.29, 0.717) is 12.2 Å². The van der Waals surface area contributed by atoms with E-state index >= 15 is 0 Å². The van der Waals surface area contributed by atoms with Crippen LogP contribution in [0.3, 0.4) is 0 Å². The summed E-state index contributed by atoms with van der Waals surface area (Å²) >= 11 is 0. The molecule has 0 saturated carbocycles. The first-order valence-corrected chi connectivity index (χ1v) is 8.10. The topological polar surface area (TPSA) is 67.4 Å². The molecule has 0 aliphatic carbocycles. The largest absolute Gasteiger partial charge is 0.497 e. The third-order valence-electron chi connectivity index (χ3n) is 3.72.